The lowest BCUT2D eigenvalue weighted by Crippen LogP contribution is -2.40. The van der Waals surface area contributed by atoms with Gasteiger partial charge in [0, 0.05) is 50.8 Å². The van der Waals surface area contributed by atoms with E-state index in [1.807, 2.05) is 43.3 Å². The van der Waals surface area contributed by atoms with Gasteiger partial charge in [0.25, 0.3) is 0 Å². The molecule has 6 heteroatoms. The van der Waals surface area contributed by atoms with Crippen molar-refractivity contribution in [2.24, 2.45) is 7.05 Å². The van der Waals surface area contributed by atoms with E-state index < -0.39 is 0 Å². The zero-order valence-electron chi connectivity index (χ0n) is 17.3. The van der Waals surface area contributed by atoms with Crippen LogP contribution in [0.3, 0.4) is 0 Å². The predicted molar refractivity (Wildman–Crippen MR) is 113 cm³/mol. The highest BCUT2D eigenvalue weighted by molar-refractivity contribution is 5.90. The Hall–Kier alpha value is -2.31. The van der Waals surface area contributed by atoms with Crippen molar-refractivity contribution in [2.75, 3.05) is 44.7 Å². The number of aryl methyl sites for hydroxylation is 3. The Morgan fingerprint density at radius 1 is 1.21 bits per heavy atom. The maximum Gasteiger partial charge on any atom is 0.322 e. The van der Waals surface area contributed by atoms with Crippen molar-refractivity contribution in [3.63, 3.8) is 0 Å². The van der Waals surface area contributed by atoms with Crippen LogP contribution in [0.4, 0.5) is 10.5 Å². The van der Waals surface area contributed by atoms with Crippen LogP contribution in [-0.2, 0) is 18.3 Å². The lowest BCUT2D eigenvalue weighted by atomic mass is 10.1. The lowest BCUT2D eigenvalue weighted by molar-refractivity contribution is 0.0365. The quantitative estimate of drug-likeness (QED) is 0.796. The molecule has 152 valence electrons. The summed E-state index contributed by atoms with van der Waals surface area (Å²) >= 11 is 0. The Labute approximate surface area is 168 Å². The molecule has 1 aromatic heterocycles. The van der Waals surface area contributed by atoms with E-state index in [0.29, 0.717) is 6.54 Å². The van der Waals surface area contributed by atoms with Crippen LogP contribution >= 0.6 is 0 Å². The Kier molecular flexibility index (Phi) is 7.12. The topological polar surface area (TPSA) is 49.7 Å². The summed E-state index contributed by atoms with van der Waals surface area (Å²) in [6, 6.07) is 10.1. The van der Waals surface area contributed by atoms with Gasteiger partial charge < -0.3 is 19.5 Å². The Morgan fingerprint density at radius 2 is 2.00 bits per heavy atom. The van der Waals surface area contributed by atoms with Gasteiger partial charge in [0.2, 0.25) is 0 Å². The van der Waals surface area contributed by atoms with Crippen molar-refractivity contribution in [2.45, 2.75) is 26.8 Å². The van der Waals surface area contributed by atoms with Crippen molar-refractivity contribution in [3.05, 3.63) is 53.3 Å². The molecule has 0 bridgehead atoms. The van der Waals surface area contributed by atoms with Crippen LogP contribution in [0.25, 0.3) is 0 Å². The van der Waals surface area contributed by atoms with E-state index in [4.69, 9.17) is 4.74 Å². The van der Waals surface area contributed by atoms with Gasteiger partial charge in [0.1, 0.15) is 0 Å². The maximum absolute atomic E-state index is 13.0. The molecule has 2 amide bonds. The molecular weight excluding hydrogens is 352 g/mol. The summed E-state index contributed by atoms with van der Waals surface area (Å²) in [4.78, 5) is 17.4. The number of nitrogens with zero attached hydrogens (tertiary/aromatic N) is 3. The van der Waals surface area contributed by atoms with E-state index in [1.165, 1.54) is 5.56 Å². The van der Waals surface area contributed by atoms with Crippen molar-refractivity contribution < 1.29 is 9.53 Å². The van der Waals surface area contributed by atoms with Crippen molar-refractivity contribution in [1.29, 1.82) is 0 Å². The van der Waals surface area contributed by atoms with Crippen LogP contribution < -0.4 is 5.32 Å². The number of urea groups is 1. The standard InChI is InChI=1S/C22H32N4O2/c1-18-7-8-21(19(2)16-18)23-22(27)26(17-20-6-4-9-24(20)3)11-5-10-25-12-14-28-15-13-25/h4,6-9,16H,5,10-15,17H2,1-3H3,(H,23,27). The van der Waals surface area contributed by atoms with E-state index >= 15 is 0 Å². The molecule has 3 rings (SSSR count). The van der Waals surface area contributed by atoms with Crippen LogP contribution in [0.1, 0.15) is 23.2 Å². The number of rotatable bonds is 7. The number of anilines is 1. The molecule has 0 radical (unpaired) electrons. The lowest BCUT2D eigenvalue weighted by Gasteiger charge is -2.28. The molecule has 1 fully saturated rings. The number of amides is 2. The number of hydrogen-bond acceptors (Lipinski definition) is 3. The van der Waals surface area contributed by atoms with Crippen LogP contribution in [-0.4, -0.2) is 59.8 Å². The van der Waals surface area contributed by atoms with Gasteiger partial charge in [0.15, 0.2) is 0 Å². The number of carbonyl (C=O) groups is 1. The van der Waals surface area contributed by atoms with Gasteiger partial charge in [-0.25, -0.2) is 4.79 Å². The summed E-state index contributed by atoms with van der Waals surface area (Å²) < 4.78 is 7.48. The molecule has 0 saturated carbocycles. The number of aromatic nitrogens is 1. The fraction of sp³-hybridized carbons (Fsp3) is 0.500. The summed E-state index contributed by atoms with van der Waals surface area (Å²) in [6.45, 7) is 9.97. The van der Waals surface area contributed by atoms with E-state index in [2.05, 4.69) is 33.8 Å². The number of nitrogens with one attached hydrogen (secondary N) is 1. The third-order valence-electron chi connectivity index (χ3n) is 5.32. The average molecular weight is 385 g/mol. The number of benzene rings is 1. The van der Waals surface area contributed by atoms with Gasteiger partial charge in [-0.15, -0.1) is 0 Å². The van der Waals surface area contributed by atoms with Gasteiger partial charge in [-0.2, -0.15) is 0 Å². The van der Waals surface area contributed by atoms with Crippen LogP contribution in [0.15, 0.2) is 36.5 Å². The summed E-state index contributed by atoms with van der Waals surface area (Å²) in [5.74, 6) is 0. The van der Waals surface area contributed by atoms with Crippen LogP contribution in [0, 0.1) is 13.8 Å². The minimum atomic E-state index is -0.0462. The van der Waals surface area contributed by atoms with Gasteiger partial charge in [0.05, 0.1) is 19.8 Å². The maximum atomic E-state index is 13.0. The first-order valence-corrected chi connectivity index (χ1v) is 10.1. The molecule has 0 unspecified atom stereocenters. The number of morpholine rings is 1. The Bertz CT molecular complexity index is 781. The molecular formula is C22H32N4O2. The molecule has 1 aliphatic rings. The molecule has 2 heterocycles. The van der Waals surface area contributed by atoms with Gasteiger partial charge >= 0.3 is 6.03 Å². The second kappa shape index (κ2) is 9.75. The molecule has 28 heavy (non-hydrogen) atoms. The SMILES string of the molecule is Cc1ccc(NC(=O)N(CCCN2CCOCC2)Cc2cccn2C)c(C)c1. The summed E-state index contributed by atoms with van der Waals surface area (Å²) in [5.41, 5.74) is 4.28. The zero-order chi connectivity index (χ0) is 19.9. The molecule has 0 aliphatic carbocycles. The van der Waals surface area contributed by atoms with Gasteiger partial charge in [-0.05, 0) is 44.0 Å². The zero-order valence-corrected chi connectivity index (χ0v) is 17.3. The highest BCUT2D eigenvalue weighted by atomic mass is 16.5. The normalized spacial score (nSPS) is 14.8. The predicted octanol–water partition coefficient (Wildman–Crippen LogP) is 3.40. The summed E-state index contributed by atoms with van der Waals surface area (Å²) in [5, 5.41) is 3.10. The summed E-state index contributed by atoms with van der Waals surface area (Å²) in [6.07, 6.45) is 2.97. The number of carbonyl (C=O) groups excluding carboxylic acids is 1. The highest BCUT2D eigenvalue weighted by Crippen LogP contribution is 2.17. The summed E-state index contributed by atoms with van der Waals surface area (Å²) in [7, 11) is 2.02. The van der Waals surface area contributed by atoms with E-state index in [1.54, 1.807) is 0 Å². The second-order valence-corrected chi connectivity index (χ2v) is 7.59. The van der Waals surface area contributed by atoms with E-state index in [0.717, 1.165) is 62.8 Å². The molecule has 0 atom stereocenters. The number of hydrogen-bond donors (Lipinski definition) is 1. The van der Waals surface area contributed by atoms with Gasteiger partial charge in [-0.3, -0.25) is 4.90 Å². The largest absolute Gasteiger partial charge is 0.379 e. The first-order valence-electron chi connectivity index (χ1n) is 10.1. The second-order valence-electron chi connectivity index (χ2n) is 7.59. The Balaban J connectivity index is 1.63. The van der Waals surface area contributed by atoms with Crippen LogP contribution in [0.2, 0.25) is 0 Å². The smallest absolute Gasteiger partial charge is 0.322 e. The highest BCUT2D eigenvalue weighted by Gasteiger charge is 2.17. The fourth-order valence-corrected chi connectivity index (χ4v) is 3.57. The number of ether oxygens (including phenoxy) is 1. The van der Waals surface area contributed by atoms with E-state index in [-0.39, 0.29) is 6.03 Å². The Morgan fingerprint density at radius 3 is 2.68 bits per heavy atom. The minimum Gasteiger partial charge on any atom is -0.379 e. The first-order chi connectivity index (χ1) is 13.5. The third kappa shape index (κ3) is 5.59. The van der Waals surface area contributed by atoms with Crippen molar-refractivity contribution in [1.82, 2.24) is 14.4 Å². The molecule has 1 saturated heterocycles. The fourth-order valence-electron chi connectivity index (χ4n) is 3.57. The van der Waals surface area contributed by atoms with Crippen molar-refractivity contribution >= 4 is 11.7 Å². The van der Waals surface area contributed by atoms with E-state index in [9.17, 15) is 4.79 Å². The molecule has 6 nitrogen and oxygen atoms in total. The minimum absolute atomic E-state index is 0.0462. The monoisotopic (exact) mass is 384 g/mol. The molecule has 1 N–H and O–H groups in total. The van der Waals surface area contributed by atoms with Crippen molar-refractivity contribution in [3.8, 4) is 0 Å². The average Bonchev–Trinajstić information content (AvgIpc) is 3.08. The molecule has 0 spiro atoms. The molecule has 2 aromatic rings. The third-order valence-corrected chi connectivity index (χ3v) is 5.32. The van der Waals surface area contributed by atoms with Gasteiger partial charge in [-0.1, -0.05) is 17.7 Å². The molecule has 1 aliphatic heterocycles. The first kappa shape index (κ1) is 20.4. The molecule has 1 aromatic carbocycles. The van der Waals surface area contributed by atoms with Crippen LogP contribution in [0.5, 0.6) is 0 Å².